The van der Waals surface area contributed by atoms with Crippen LogP contribution in [0.25, 0.3) is 0 Å². The van der Waals surface area contributed by atoms with Crippen molar-refractivity contribution < 1.29 is 0 Å². The summed E-state index contributed by atoms with van der Waals surface area (Å²) in [5.74, 6) is 0. The number of hydrogen-bond donors (Lipinski definition) is 1. The van der Waals surface area contributed by atoms with E-state index in [1.54, 1.807) is 11.3 Å². The molecule has 17 heavy (non-hydrogen) atoms. The first-order valence-electron chi connectivity index (χ1n) is 6.46. The first-order valence-corrected chi connectivity index (χ1v) is 7.72. The highest BCUT2D eigenvalue weighted by molar-refractivity contribution is 7.14. The molecule has 1 aromatic rings. The molecule has 1 aliphatic carbocycles. The van der Waals surface area contributed by atoms with E-state index in [1.807, 2.05) is 0 Å². The van der Waals surface area contributed by atoms with Gasteiger partial charge in [-0.05, 0) is 55.0 Å². The summed E-state index contributed by atoms with van der Waals surface area (Å²) >= 11 is 7.60. The van der Waals surface area contributed by atoms with Crippen molar-refractivity contribution in [3.8, 4) is 0 Å². The molecule has 1 N–H and O–H groups in total. The van der Waals surface area contributed by atoms with E-state index in [1.165, 1.54) is 31.2 Å². The fraction of sp³-hybridized carbons (Fsp3) is 0.714. The Kier molecular flexibility index (Phi) is 4.17. The Morgan fingerprint density at radius 3 is 2.59 bits per heavy atom. The van der Waals surface area contributed by atoms with Crippen molar-refractivity contribution in [1.29, 1.82) is 0 Å². The summed E-state index contributed by atoms with van der Waals surface area (Å²) in [5.41, 5.74) is 1.87. The van der Waals surface area contributed by atoms with Gasteiger partial charge >= 0.3 is 0 Å². The van der Waals surface area contributed by atoms with E-state index in [-0.39, 0.29) is 0 Å². The molecule has 0 radical (unpaired) electrons. The molecule has 0 aromatic carbocycles. The molecule has 0 saturated heterocycles. The zero-order valence-corrected chi connectivity index (χ0v) is 12.5. The van der Waals surface area contributed by atoms with Crippen LogP contribution < -0.4 is 5.32 Å². The van der Waals surface area contributed by atoms with E-state index in [0.717, 1.165) is 4.34 Å². The summed E-state index contributed by atoms with van der Waals surface area (Å²) in [7, 11) is 0. The Balaban J connectivity index is 1.86. The minimum absolute atomic E-state index is 0.421. The molecule has 1 nitrogen and oxygen atoms in total. The zero-order valence-electron chi connectivity index (χ0n) is 10.9. The molecule has 1 fully saturated rings. The largest absolute Gasteiger partial charge is 0.307 e. The summed E-state index contributed by atoms with van der Waals surface area (Å²) in [4.78, 5) is 0. The highest BCUT2D eigenvalue weighted by Crippen LogP contribution is 2.36. The normalized spacial score (nSPS) is 22.6. The van der Waals surface area contributed by atoms with Crippen LogP contribution >= 0.6 is 22.9 Å². The van der Waals surface area contributed by atoms with Crippen LogP contribution in [0, 0.1) is 5.41 Å². The number of nitrogens with one attached hydrogen (secondary N) is 1. The SMILES string of the molecule is CC(NC1CCC(C)(C)CC1)c1csc(Cl)c1. The van der Waals surface area contributed by atoms with Crippen molar-refractivity contribution >= 4 is 22.9 Å². The van der Waals surface area contributed by atoms with Gasteiger partial charge in [0.25, 0.3) is 0 Å². The second kappa shape index (κ2) is 5.29. The van der Waals surface area contributed by atoms with E-state index >= 15 is 0 Å². The predicted octanol–water partition coefficient (Wildman–Crippen LogP) is 5.02. The fourth-order valence-corrected chi connectivity index (χ4v) is 3.55. The molecular formula is C14H22ClNS. The Hall–Kier alpha value is -0.0500. The number of thiophene rings is 1. The first-order chi connectivity index (χ1) is 7.96. The Bertz CT molecular complexity index is 362. The second-order valence-electron chi connectivity index (χ2n) is 6.01. The lowest BCUT2D eigenvalue weighted by Gasteiger charge is -2.36. The van der Waals surface area contributed by atoms with Gasteiger partial charge in [0, 0.05) is 12.1 Å². The minimum atomic E-state index is 0.421. The molecule has 3 heteroatoms. The summed E-state index contributed by atoms with van der Waals surface area (Å²) in [6.07, 6.45) is 5.27. The van der Waals surface area contributed by atoms with E-state index in [2.05, 4.69) is 37.5 Å². The molecule has 0 spiro atoms. The van der Waals surface area contributed by atoms with Crippen molar-refractivity contribution in [1.82, 2.24) is 5.32 Å². The lowest BCUT2D eigenvalue weighted by atomic mass is 9.75. The van der Waals surface area contributed by atoms with Crippen LogP contribution in [0.4, 0.5) is 0 Å². The van der Waals surface area contributed by atoms with Crippen LogP contribution in [0.2, 0.25) is 4.34 Å². The van der Waals surface area contributed by atoms with E-state index in [4.69, 9.17) is 11.6 Å². The van der Waals surface area contributed by atoms with Crippen molar-refractivity contribution in [2.75, 3.05) is 0 Å². The van der Waals surface area contributed by atoms with Crippen molar-refractivity contribution in [2.24, 2.45) is 5.41 Å². The van der Waals surface area contributed by atoms with Crippen LogP contribution in [-0.2, 0) is 0 Å². The van der Waals surface area contributed by atoms with Gasteiger partial charge in [0.15, 0.2) is 0 Å². The predicted molar refractivity (Wildman–Crippen MR) is 76.9 cm³/mol. The molecule has 0 amide bonds. The standard InChI is InChI=1S/C14H22ClNS/c1-10(11-8-13(15)17-9-11)16-12-4-6-14(2,3)7-5-12/h8-10,12,16H,4-7H2,1-3H3. The molecule has 2 rings (SSSR count). The summed E-state index contributed by atoms with van der Waals surface area (Å²) in [5, 5.41) is 5.89. The Labute approximate surface area is 114 Å². The number of hydrogen-bond acceptors (Lipinski definition) is 2. The minimum Gasteiger partial charge on any atom is -0.307 e. The lowest BCUT2D eigenvalue weighted by Crippen LogP contribution is -2.36. The van der Waals surface area contributed by atoms with Gasteiger partial charge < -0.3 is 5.32 Å². The van der Waals surface area contributed by atoms with Gasteiger partial charge in [0.1, 0.15) is 0 Å². The van der Waals surface area contributed by atoms with Gasteiger partial charge in [-0.1, -0.05) is 25.4 Å². The lowest BCUT2D eigenvalue weighted by molar-refractivity contribution is 0.200. The van der Waals surface area contributed by atoms with Crippen molar-refractivity contribution in [2.45, 2.75) is 58.5 Å². The van der Waals surface area contributed by atoms with Gasteiger partial charge in [-0.3, -0.25) is 0 Å². The maximum Gasteiger partial charge on any atom is 0.0931 e. The van der Waals surface area contributed by atoms with E-state index in [9.17, 15) is 0 Å². The highest BCUT2D eigenvalue weighted by Gasteiger charge is 2.27. The van der Waals surface area contributed by atoms with Crippen LogP contribution in [-0.4, -0.2) is 6.04 Å². The summed E-state index contributed by atoms with van der Waals surface area (Å²) < 4.78 is 0.887. The van der Waals surface area contributed by atoms with Gasteiger partial charge in [0.05, 0.1) is 4.34 Å². The average Bonchev–Trinajstić information content (AvgIpc) is 2.68. The Morgan fingerprint density at radius 1 is 1.41 bits per heavy atom. The van der Waals surface area contributed by atoms with Crippen molar-refractivity contribution in [3.63, 3.8) is 0 Å². The first kappa shape index (κ1) is 13.4. The quantitative estimate of drug-likeness (QED) is 0.814. The van der Waals surface area contributed by atoms with Crippen LogP contribution in [0.1, 0.15) is 58.1 Å². The smallest absolute Gasteiger partial charge is 0.0931 e. The van der Waals surface area contributed by atoms with Gasteiger partial charge in [-0.15, -0.1) is 11.3 Å². The molecular weight excluding hydrogens is 250 g/mol. The molecule has 1 atom stereocenters. The summed E-state index contributed by atoms with van der Waals surface area (Å²) in [6.45, 7) is 6.99. The second-order valence-corrected chi connectivity index (χ2v) is 7.55. The fourth-order valence-electron chi connectivity index (χ4n) is 2.57. The third kappa shape index (κ3) is 3.70. The molecule has 96 valence electrons. The molecule has 0 aliphatic heterocycles. The van der Waals surface area contributed by atoms with Crippen molar-refractivity contribution in [3.05, 3.63) is 21.3 Å². The molecule has 1 unspecified atom stereocenters. The van der Waals surface area contributed by atoms with Crippen LogP contribution in [0.5, 0.6) is 0 Å². The van der Waals surface area contributed by atoms with E-state index < -0.39 is 0 Å². The number of rotatable bonds is 3. The average molecular weight is 272 g/mol. The molecule has 1 aliphatic rings. The molecule has 1 saturated carbocycles. The third-order valence-electron chi connectivity index (χ3n) is 3.91. The summed E-state index contributed by atoms with van der Waals surface area (Å²) in [6, 6.07) is 3.18. The van der Waals surface area contributed by atoms with Gasteiger partial charge in [-0.2, -0.15) is 0 Å². The topological polar surface area (TPSA) is 12.0 Å². The Morgan fingerprint density at radius 2 is 2.06 bits per heavy atom. The molecule has 0 bridgehead atoms. The maximum atomic E-state index is 5.98. The molecule has 1 heterocycles. The monoisotopic (exact) mass is 271 g/mol. The highest BCUT2D eigenvalue weighted by atomic mass is 35.5. The maximum absolute atomic E-state index is 5.98. The zero-order chi connectivity index (χ0) is 12.5. The van der Waals surface area contributed by atoms with Gasteiger partial charge in [0.2, 0.25) is 0 Å². The molecule has 1 aromatic heterocycles. The van der Waals surface area contributed by atoms with Gasteiger partial charge in [-0.25, -0.2) is 0 Å². The van der Waals surface area contributed by atoms with Crippen LogP contribution in [0.3, 0.4) is 0 Å². The number of halogens is 1. The van der Waals surface area contributed by atoms with E-state index in [0.29, 0.717) is 17.5 Å². The third-order valence-corrected chi connectivity index (χ3v) is 5.02. The van der Waals surface area contributed by atoms with Crippen LogP contribution in [0.15, 0.2) is 11.4 Å².